The number of hydrogen-bond acceptors (Lipinski definition) is 6. The van der Waals surface area contributed by atoms with Gasteiger partial charge in [0.2, 0.25) is 6.10 Å². The third kappa shape index (κ3) is 3.66. The summed E-state index contributed by atoms with van der Waals surface area (Å²) < 4.78 is 18.8. The predicted octanol–water partition coefficient (Wildman–Crippen LogP) is 2.94. The maximum Gasteiger partial charge on any atom is 0.337 e. The average Bonchev–Trinajstić information content (AvgIpc) is 3.09. The van der Waals surface area contributed by atoms with Gasteiger partial charge < -0.3 is 18.8 Å². The molecule has 29 heavy (non-hydrogen) atoms. The molecule has 4 rings (SSSR count). The molecular formula is C21H18N2O5S. The van der Waals surface area contributed by atoms with E-state index in [1.54, 1.807) is 30.3 Å². The average molecular weight is 410 g/mol. The number of hydrogen-bond donors (Lipinski definition) is 0. The van der Waals surface area contributed by atoms with Crippen LogP contribution in [0.4, 0.5) is 0 Å². The standard InChI is InChI=1S/C21H18N2O5S/c1-3-10-23-14-9-8-13(20(25)26-2)11-18(14)29-21(23)22-19(24)17-12-27-15-6-4-5-7-16(15)28-17/h3-9,11,17H,1,10,12H2,2H3/t17-/m0/s1. The minimum atomic E-state index is -0.821. The SMILES string of the molecule is C=CCn1c(=NC(=O)[C@@H]2COc3ccccc3O2)sc2cc(C(=O)OC)ccc21. The van der Waals surface area contributed by atoms with Crippen LogP contribution in [0, 0.1) is 0 Å². The monoisotopic (exact) mass is 410 g/mol. The number of rotatable bonds is 4. The van der Waals surface area contributed by atoms with Gasteiger partial charge >= 0.3 is 5.97 Å². The van der Waals surface area contributed by atoms with Gasteiger partial charge in [0.15, 0.2) is 16.3 Å². The molecule has 148 valence electrons. The zero-order valence-corrected chi connectivity index (χ0v) is 16.5. The zero-order chi connectivity index (χ0) is 20.4. The molecule has 2 aromatic carbocycles. The molecular weight excluding hydrogens is 392 g/mol. The van der Waals surface area contributed by atoms with Crippen molar-refractivity contribution in [3.8, 4) is 11.5 Å². The van der Waals surface area contributed by atoms with Gasteiger partial charge in [-0.2, -0.15) is 4.99 Å². The third-order valence-corrected chi connectivity index (χ3v) is 5.45. The molecule has 2 heterocycles. The number of ether oxygens (including phenoxy) is 3. The molecule has 3 aromatic rings. The summed E-state index contributed by atoms with van der Waals surface area (Å²) in [4.78, 5) is 29.3. The quantitative estimate of drug-likeness (QED) is 0.488. The van der Waals surface area contributed by atoms with E-state index in [0.29, 0.717) is 28.4 Å². The van der Waals surface area contributed by atoms with Crippen molar-refractivity contribution in [1.82, 2.24) is 4.57 Å². The first-order chi connectivity index (χ1) is 14.1. The van der Waals surface area contributed by atoms with Gasteiger partial charge in [-0.3, -0.25) is 4.79 Å². The Bertz CT molecular complexity index is 1180. The minimum absolute atomic E-state index is 0.0954. The van der Waals surface area contributed by atoms with Crippen LogP contribution in [-0.4, -0.2) is 36.3 Å². The van der Waals surface area contributed by atoms with Crippen molar-refractivity contribution < 1.29 is 23.8 Å². The highest BCUT2D eigenvalue weighted by molar-refractivity contribution is 7.16. The van der Waals surface area contributed by atoms with Crippen molar-refractivity contribution in [2.24, 2.45) is 4.99 Å². The van der Waals surface area contributed by atoms with Gasteiger partial charge in [-0.25, -0.2) is 4.79 Å². The summed E-state index contributed by atoms with van der Waals surface area (Å²) in [6.07, 6.45) is 0.901. The van der Waals surface area contributed by atoms with Gasteiger partial charge in [0, 0.05) is 6.54 Å². The number of allylic oxidation sites excluding steroid dienone is 1. The fourth-order valence-corrected chi connectivity index (χ4v) is 4.10. The lowest BCUT2D eigenvalue weighted by molar-refractivity contribution is -0.127. The summed E-state index contributed by atoms with van der Waals surface area (Å²) in [6, 6.07) is 12.4. The van der Waals surface area contributed by atoms with E-state index in [1.807, 2.05) is 22.8 Å². The summed E-state index contributed by atoms with van der Waals surface area (Å²) in [5, 5.41) is 0. The molecule has 0 spiro atoms. The normalized spacial score (nSPS) is 15.9. The van der Waals surface area contributed by atoms with Crippen LogP contribution in [0.5, 0.6) is 11.5 Å². The highest BCUT2D eigenvalue weighted by Crippen LogP contribution is 2.31. The Balaban J connectivity index is 1.71. The molecule has 0 N–H and O–H groups in total. The molecule has 1 aliphatic rings. The van der Waals surface area contributed by atoms with Crippen molar-refractivity contribution in [3.05, 3.63) is 65.5 Å². The van der Waals surface area contributed by atoms with E-state index < -0.39 is 18.0 Å². The first kappa shape index (κ1) is 18.9. The van der Waals surface area contributed by atoms with Crippen LogP contribution in [0.1, 0.15) is 10.4 Å². The largest absolute Gasteiger partial charge is 0.485 e. The van der Waals surface area contributed by atoms with Crippen LogP contribution in [-0.2, 0) is 16.1 Å². The number of benzene rings is 2. The van der Waals surface area contributed by atoms with Gasteiger partial charge in [-0.05, 0) is 30.3 Å². The van der Waals surface area contributed by atoms with Crippen molar-refractivity contribution in [1.29, 1.82) is 0 Å². The molecule has 0 aliphatic carbocycles. The number of fused-ring (bicyclic) bond motifs is 2. The summed E-state index contributed by atoms with van der Waals surface area (Å²) in [5.41, 5.74) is 1.28. The lowest BCUT2D eigenvalue weighted by atomic mass is 10.2. The molecule has 0 saturated carbocycles. The maximum absolute atomic E-state index is 12.8. The number of para-hydroxylation sites is 2. The smallest absolute Gasteiger partial charge is 0.337 e. The highest BCUT2D eigenvalue weighted by atomic mass is 32.1. The van der Waals surface area contributed by atoms with Crippen LogP contribution in [0.25, 0.3) is 10.2 Å². The highest BCUT2D eigenvalue weighted by Gasteiger charge is 2.27. The van der Waals surface area contributed by atoms with Crippen LogP contribution in [0.3, 0.4) is 0 Å². The molecule has 0 bridgehead atoms. The Morgan fingerprint density at radius 1 is 1.31 bits per heavy atom. The second kappa shape index (κ2) is 7.92. The summed E-state index contributed by atoms with van der Waals surface area (Å²) in [5.74, 6) is 0.273. The Labute approximate surface area is 170 Å². The first-order valence-corrected chi connectivity index (χ1v) is 9.72. The van der Waals surface area contributed by atoms with Crippen LogP contribution in [0.15, 0.2) is 60.1 Å². The number of aromatic nitrogens is 1. The van der Waals surface area contributed by atoms with Gasteiger partial charge in [0.25, 0.3) is 5.91 Å². The summed E-state index contributed by atoms with van der Waals surface area (Å²) >= 11 is 1.31. The van der Waals surface area contributed by atoms with E-state index in [4.69, 9.17) is 14.2 Å². The van der Waals surface area contributed by atoms with Crippen molar-refractivity contribution in [3.63, 3.8) is 0 Å². The Morgan fingerprint density at radius 3 is 2.86 bits per heavy atom. The molecule has 0 fully saturated rings. The lowest BCUT2D eigenvalue weighted by Crippen LogP contribution is -2.36. The molecule has 1 aliphatic heterocycles. The molecule has 0 radical (unpaired) electrons. The number of amides is 1. The fourth-order valence-electron chi connectivity index (χ4n) is 3.02. The van der Waals surface area contributed by atoms with E-state index in [9.17, 15) is 9.59 Å². The van der Waals surface area contributed by atoms with Crippen molar-refractivity contribution in [2.75, 3.05) is 13.7 Å². The van der Waals surface area contributed by atoms with Crippen LogP contribution >= 0.6 is 11.3 Å². The maximum atomic E-state index is 12.8. The fraction of sp³-hybridized carbons (Fsp3) is 0.190. The second-order valence-electron chi connectivity index (χ2n) is 6.27. The molecule has 1 aromatic heterocycles. The molecule has 7 nitrogen and oxygen atoms in total. The van der Waals surface area contributed by atoms with E-state index in [-0.39, 0.29) is 6.61 Å². The van der Waals surface area contributed by atoms with Gasteiger partial charge in [-0.1, -0.05) is 29.5 Å². The summed E-state index contributed by atoms with van der Waals surface area (Å²) in [6.45, 7) is 4.34. The number of carbonyl (C=O) groups is 2. The third-order valence-electron chi connectivity index (χ3n) is 4.41. The van der Waals surface area contributed by atoms with Gasteiger partial charge in [0.05, 0.1) is 22.9 Å². The number of nitrogens with zero attached hydrogens (tertiary/aromatic N) is 2. The Kier molecular flexibility index (Phi) is 5.18. The van der Waals surface area contributed by atoms with Crippen molar-refractivity contribution in [2.45, 2.75) is 12.6 Å². The zero-order valence-electron chi connectivity index (χ0n) is 15.7. The summed E-state index contributed by atoms with van der Waals surface area (Å²) in [7, 11) is 1.34. The Hall–Kier alpha value is -3.39. The van der Waals surface area contributed by atoms with Gasteiger partial charge in [0.1, 0.15) is 6.61 Å². The topological polar surface area (TPSA) is 79.1 Å². The predicted molar refractivity (Wildman–Crippen MR) is 108 cm³/mol. The molecule has 0 saturated heterocycles. The number of methoxy groups -OCH3 is 1. The molecule has 0 unspecified atom stereocenters. The van der Waals surface area contributed by atoms with Crippen molar-refractivity contribution >= 4 is 33.4 Å². The van der Waals surface area contributed by atoms with Crippen LogP contribution < -0.4 is 14.3 Å². The van der Waals surface area contributed by atoms with E-state index in [2.05, 4.69) is 11.6 Å². The first-order valence-electron chi connectivity index (χ1n) is 8.90. The number of carbonyl (C=O) groups excluding carboxylic acids is 2. The number of esters is 1. The van der Waals surface area contributed by atoms with E-state index in [1.165, 1.54) is 18.4 Å². The molecule has 1 atom stereocenters. The molecule has 8 heteroatoms. The van der Waals surface area contributed by atoms with E-state index >= 15 is 0 Å². The Morgan fingerprint density at radius 2 is 2.10 bits per heavy atom. The minimum Gasteiger partial charge on any atom is -0.485 e. The van der Waals surface area contributed by atoms with Gasteiger partial charge in [-0.15, -0.1) is 6.58 Å². The molecule has 1 amide bonds. The van der Waals surface area contributed by atoms with E-state index in [0.717, 1.165) is 10.2 Å². The van der Waals surface area contributed by atoms with Crippen LogP contribution in [0.2, 0.25) is 0 Å². The lowest BCUT2D eigenvalue weighted by Gasteiger charge is -2.23. The number of thiazole rings is 1. The second-order valence-corrected chi connectivity index (χ2v) is 7.28.